The lowest BCUT2D eigenvalue weighted by Crippen LogP contribution is -2.27. The standard InChI is InChI=1S/C19H21N7O/c1-12-20-19-21-13(10-17(27)26(19)23-12)11-25-9-5-8-16(25)18-22-14-6-3-4-7-15(14)24(18)2/h3-4,6-7,10,16H,5,8-9,11H2,1-2H3,(H,20,21,23)/t16-/m1/s1. The van der Waals surface area contributed by atoms with Gasteiger partial charge in [-0.25, -0.2) is 9.97 Å². The van der Waals surface area contributed by atoms with Crippen LogP contribution >= 0.6 is 0 Å². The van der Waals surface area contributed by atoms with Gasteiger partial charge in [0.1, 0.15) is 11.6 Å². The third kappa shape index (κ3) is 2.64. The molecule has 1 N–H and O–H groups in total. The van der Waals surface area contributed by atoms with E-state index in [1.165, 1.54) is 4.52 Å². The quantitative estimate of drug-likeness (QED) is 0.601. The number of benzene rings is 1. The van der Waals surface area contributed by atoms with E-state index in [2.05, 4.69) is 43.7 Å². The topological polar surface area (TPSA) is 84.1 Å². The molecule has 0 aliphatic carbocycles. The second-order valence-electron chi connectivity index (χ2n) is 7.18. The van der Waals surface area contributed by atoms with Gasteiger partial charge in [0.2, 0.25) is 0 Å². The van der Waals surface area contributed by atoms with Crippen molar-refractivity contribution in [3.63, 3.8) is 0 Å². The molecule has 1 aliphatic rings. The van der Waals surface area contributed by atoms with Gasteiger partial charge in [0, 0.05) is 19.7 Å². The fraction of sp³-hybridized carbons (Fsp3) is 0.368. The van der Waals surface area contributed by atoms with Crippen LogP contribution in [-0.2, 0) is 13.6 Å². The average molecular weight is 363 g/mol. The normalized spacial score (nSPS) is 18.1. The molecule has 1 aliphatic heterocycles. The number of H-pyrrole nitrogens is 1. The van der Waals surface area contributed by atoms with Gasteiger partial charge in [-0.05, 0) is 38.4 Å². The summed E-state index contributed by atoms with van der Waals surface area (Å²) >= 11 is 0. The smallest absolute Gasteiger partial charge is 0.274 e. The van der Waals surface area contributed by atoms with E-state index in [-0.39, 0.29) is 11.6 Å². The van der Waals surface area contributed by atoms with Crippen molar-refractivity contribution in [1.82, 2.24) is 34.0 Å². The Hall–Kier alpha value is -3.00. The summed E-state index contributed by atoms with van der Waals surface area (Å²) in [5, 5.41) is 2.91. The zero-order valence-electron chi connectivity index (χ0n) is 15.4. The number of likely N-dealkylation sites (tertiary alicyclic amines) is 1. The van der Waals surface area contributed by atoms with E-state index in [0.717, 1.165) is 41.9 Å². The third-order valence-corrected chi connectivity index (χ3v) is 5.34. The maximum Gasteiger partial charge on any atom is 0.274 e. The molecule has 0 radical (unpaired) electrons. The molecule has 8 heteroatoms. The largest absolute Gasteiger partial charge is 0.330 e. The zero-order valence-corrected chi connectivity index (χ0v) is 15.4. The summed E-state index contributed by atoms with van der Waals surface area (Å²) in [6.07, 6.45) is 2.16. The highest BCUT2D eigenvalue weighted by atomic mass is 16.1. The Bertz CT molecular complexity index is 1200. The van der Waals surface area contributed by atoms with E-state index in [1.54, 1.807) is 6.07 Å². The van der Waals surface area contributed by atoms with Gasteiger partial charge in [-0.2, -0.15) is 9.50 Å². The summed E-state index contributed by atoms with van der Waals surface area (Å²) in [6, 6.07) is 10.0. The molecule has 1 aromatic carbocycles. The zero-order chi connectivity index (χ0) is 18.5. The van der Waals surface area contributed by atoms with Crippen molar-refractivity contribution in [3.8, 4) is 0 Å². The van der Waals surface area contributed by atoms with Crippen LogP contribution in [-0.4, -0.2) is 40.6 Å². The highest BCUT2D eigenvalue weighted by Crippen LogP contribution is 2.33. The summed E-state index contributed by atoms with van der Waals surface area (Å²) in [5.74, 6) is 2.17. The molecule has 0 bridgehead atoms. The van der Waals surface area contributed by atoms with E-state index in [9.17, 15) is 4.79 Å². The van der Waals surface area contributed by atoms with Crippen molar-refractivity contribution < 1.29 is 0 Å². The van der Waals surface area contributed by atoms with Crippen LogP contribution in [0.5, 0.6) is 0 Å². The first kappa shape index (κ1) is 16.2. The second kappa shape index (κ2) is 6.02. The van der Waals surface area contributed by atoms with Crippen molar-refractivity contribution in [3.05, 3.63) is 58.0 Å². The van der Waals surface area contributed by atoms with E-state index < -0.39 is 0 Å². The molecule has 138 valence electrons. The van der Waals surface area contributed by atoms with Crippen LogP contribution in [0.3, 0.4) is 0 Å². The third-order valence-electron chi connectivity index (χ3n) is 5.34. The summed E-state index contributed by atoms with van der Waals surface area (Å²) in [6.45, 7) is 3.40. The average Bonchev–Trinajstić information content (AvgIpc) is 3.33. The van der Waals surface area contributed by atoms with E-state index in [4.69, 9.17) is 4.98 Å². The number of imidazole rings is 1. The molecule has 0 amide bonds. The van der Waals surface area contributed by atoms with Gasteiger partial charge in [0.25, 0.3) is 11.3 Å². The molecule has 8 nitrogen and oxygen atoms in total. The predicted molar refractivity (Wildman–Crippen MR) is 101 cm³/mol. The number of nitrogens with zero attached hydrogens (tertiary/aromatic N) is 6. The van der Waals surface area contributed by atoms with Crippen LogP contribution < -0.4 is 5.56 Å². The predicted octanol–water partition coefficient (Wildman–Crippen LogP) is 1.95. The number of fused-ring (bicyclic) bond motifs is 2. The number of hydrogen-bond donors (Lipinski definition) is 1. The molecule has 0 saturated carbocycles. The number of aromatic nitrogens is 6. The second-order valence-corrected chi connectivity index (χ2v) is 7.18. The van der Waals surface area contributed by atoms with Gasteiger partial charge in [-0.15, -0.1) is 0 Å². The molecular formula is C19H21N7O. The van der Waals surface area contributed by atoms with Crippen molar-refractivity contribution in [2.45, 2.75) is 32.4 Å². The van der Waals surface area contributed by atoms with Crippen molar-refractivity contribution in [2.24, 2.45) is 7.05 Å². The van der Waals surface area contributed by atoms with Gasteiger partial charge in [-0.1, -0.05) is 12.1 Å². The van der Waals surface area contributed by atoms with Gasteiger partial charge in [0.15, 0.2) is 0 Å². The summed E-state index contributed by atoms with van der Waals surface area (Å²) < 4.78 is 3.56. The minimum absolute atomic E-state index is 0.130. The van der Waals surface area contributed by atoms with Gasteiger partial charge >= 0.3 is 0 Å². The Labute approximate surface area is 155 Å². The van der Waals surface area contributed by atoms with Crippen LogP contribution in [0, 0.1) is 6.92 Å². The minimum Gasteiger partial charge on any atom is -0.330 e. The lowest BCUT2D eigenvalue weighted by molar-refractivity contribution is 0.234. The fourth-order valence-electron chi connectivity index (χ4n) is 4.09. The van der Waals surface area contributed by atoms with Crippen molar-refractivity contribution in [1.29, 1.82) is 0 Å². The molecule has 1 fully saturated rings. The maximum absolute atomic E-state index is 12.3. The molecule has 1 atom stereocenters. The van der Waals surface area contributed by atoms with Crippen LogP contribution in [0.25, 0.3) is 16.8 Å². The SMILES string of the molecule is Cc1nc2nc(CN3CCC[C@@H]3c3nc4ccccc4n3C)cc(=O)n2[nH]1. The highest BCUT2D eigenvalue weighted by molar-refractivity contribution is 5.75. The lowest BCUT2D eigenvalue weighted by Gasteiger charge is -2.23. The van der Waals surface area contributed by atoms with Gasteiger partial charge in [-0.3, -0.25) is 14.8 Å². The molecule has 4 heterocycles. The summed E-state index contributed by atoms with van der Waals surface area (Å²) in [7, 11) is 2.07. The number of nitrogens with one attached hydrogen (secondary N) is 1. The first-order valence-electron chi connectivity index (χ1n) is 9.21. The number of para-hydroxylation sites is 2. The first-order valence-corrected chi connectivity index (χ1v) is 9.21. The lowest BCUT2D eigenvalue weighted by atomic mass is 10.2. The molecular weight excluding hydrogens is 342 g/mol. The van der Waals surface area contributed by atoms with Gasteiger partial charge in [0.05, 0.1) is 22.8 Å². The van der Waals surface area contributed by atoms with E-state index in [1.807, 2.05) is 19.1 Å². The molecule has 0 unspecified atom stereocenters. The molecule has 1 saturated heterocycles. The van der Waals surface area contributed by atoms with Crippen LogP contribution in [0.1, 0.15) is 36.2 Å². The number of aromatic amines is 1. The van der Waals surface area contributed by atoms with Crippen LogP contribution in [0.2, 0.25) is 0 Å². The summed E-state index contributed by atoms with van der Waals surface area (Å²) in [4.78, 5) is 28.4. The van der Waals surface area contributed by atoms with Gasteiger partial charge < -0.3 is 4.57 Å². The Morgan fingerprint density at radius 1 is 1.22 bits per heavy atom. The maximum atomic E-state index is 12.3. The molecule has 3 aromatic heterocycles. The van der Waals surface area contributed by atoms with E-state index in [0.29, 0.717) is 18.1 Å². The first-order chi connectivity index (χ1) is 13.1. The van der Waals surface area contributed by atoms with Crippen molar-refractivity contribution >= 4 is 16.8 Å². The van der Waals surface area contributed by atoms with Crippen LogP contribution in [0.15, 0.2) is 35.1 Å². The fourth-order valence-corrected chi connectivity index (χ4v) is 4.09. The van der Waals surface area contributed by atoms with E-state index >= 15 is 0 Å². The number of aryl methyl sites for hydroxylation is 2. The molecule has 0 spiro atoms. The van der Waals surface area contributed by atoms with Crippen molar-refractivity contribution in [2.75, 3.05) is 6.54 Å². The highest BCUT2D eigenvalue weighted by Gasteiger charge is 2.30. The minimum atomic E-state index is -0.130. The Morgan fingerprint density at radius 2 is 2.07 bits per heavy atom. The Balaban J connectivity index is 1.49. The number of rotatable bonds is 3. The summed E-state index contributed by atoms with van der Waals surface area (Å²) in [5.41, 5.74) is 2.78. The molecule has 27 heavy (non-hydrogen) atoms. The monoisotopic (exact) mass is 363 g/mol. The Kier molecular flexibility index (Phi) is 3.61. The molecule has 4 aromatic rings. The molecule has 5 rings (SSSR count). The van der Waals surface area contributed by atoms with Crippen LogP contribution in [0.4, 0.5) is 0 Å². The Morgan fingerprint density at radius 3 is 2.93 bits per heavy atom. The number of hydrogen-bond acceptors (Lipinski definition) is 5.